The molecule has 1 aromatic carbocycles. The minimum atomic E-state index is -0.370. The lowest BCUT2D eigenvalue weighted by molar-refractivity contribution is -0.138. The number of carbonyl (C=O) groups excluding carboxylic acids is 3. The standard InChI is InChI=1S/C23H26FN3O3S/c24-18-5-3-16(4-6-18)21(28)25-19-9-13-26(14-10-19)22(29)17-7-11-27(12-8-17)23(30)20-2-1-15-31-20/h1-6,15,17,19H,7-14H2,(H,25,28). The van der Waals surface area contributed by atoms with Crippen LogP contribution in [0, 0.1) is 11.7 Å². The molecule has 8 heteroatoms. The summed E-state index contributed by atoms with van der Waals surface area (Å²) in [5, 5.41) is 4.88. The SMILES string of the molecule is O=C(NC1CCN(C(=O)C2CCN(C(=O)c3cccs3)CC2)CC1)c1ccc(F)cc1. The van der Waals surface area contributed by atoms with Gasteiger partial charge in [0.2, 0.25) is 5.91 Å². The van der Waals surface area contributed by atoms with Crippen molar-refractivity contribution in [2.45, 2.75) is 31.7 Å². The minimum absolute atomic E-state index is 0.00636. The third-order valence-electron chi connectivity index (χ3n) is 6.11. The van der Waals surface area contributed by atoms with E-state index in [0.717, 1.165) is 4.88 Å². The summed E-state index contributed by atoms with van der Waals surface area (Å²) in [7, 11) is 0. The van der Waals surface area contributed by atoms with Crippen LogP contribution in [0.5, 0.6) is 0 Å². The molecular formula is C23H26FN3O3S. The summed E-state index contributed by atoms with van der Waals surface area (Å²) < 4.78 is 13.0. The van der Waals surface area contributed by atoms with Crippen molar-refractivity contribution in [2.75, 3.05) is 26.2 Å². The van der Waals surface area contributed by atoms with Crippen molar-refractivity contribution >= 4 is 29.1 Å². The van der Waals surface area contributed by atoms with Gasteiger partial charge in [-0.15, -0.1) is 11.3 Å². The van der Waals surface area contributed by atoms with Gasteiger partial charge in [-0.25, -0.2) is 4.39 Å². The Morgan fingerprint density at radius 1 is 0.903 bits per heavy atom. The lowest BCUT2D eigenvalue weighted by Crippen LogP contribution is -2.49. The number of rotatable bonds is 4. The summed E-state index contributed by atoms with van der Waals surface area (Å²) in [6.07, 6.45) is 2.79. The van der Waals surface area contributed by atoms with E-state index in [9.17, 15) is 18.8 Å². The van der Waals surface area contributed by atoms with Crippen molar-refractivity contribution in [3.63, 3.8) is 0 Å². The molecule has 0 bridgehead atoms. The van der Waals surface area contributed by atoms with E-state index < -0.39 is 0 Å². The van der Waals surface area contributed by atoms with Gasteiger partial charge < -0.3 is 15.1 Å². The number of carbonyl (C=O) groups is 3. The van der Waals surface area contributed by atoms with Crippen molar-refractivity contribution < 1.29 is 18.8 Å². The van der Waals surface area contributed by atoms with Gasteiger partial charge in [0.25, 0.3) is 11.8 Å². The highest BCUT2D eigenvalue weighted by atomic mass is 32.1. The van der Waals surface area contributed by atoms with Crippen molar-refractivity contribution in [1.29, 1.82) is 0 Å². The maximum atomic E-state index is 13.0. The molecule has 0 aliphatic carbocycles. The van der Waals surface area contributed by atoms with Gasteiger partial charge in [0, 0.05) is 43.7 Å². The van der Waals surface area contributed by atoms with Crippen molar-refractivity contribution in [3.05, 3.63) is 58.0 Å². The van der Waals surface area contributed by atoms with E-state index >= 15 is 0 Å². The van der Waals surface area contributed by atoms with Gasteiger partial charge in [-0.2, -0.15) is 0 Å². The lowest BCUT2D eigenvalue weighted by Gasteiger charge is -2.37. The molecule has 0 atom stereocenters. The number of amides is 3. The van der Waals surface area contributed by atoms with E-state index in [-0.39, 0.29) is 35.5 Å². The van der Waals surface area contributed by atoms with Gasteiger partial charge in [0.15, 0.2) is 0 Å². The fourth-order valence-corrected chi connectivity index (χ4v) is 4.95. The van der Waals surface area contributed by atoms with Crippen LogP contribution in [0.2, 0.25) is 0 Å². The molecular weight excluding hydrogens is 417 g/mol. The highest BCUT2D eigenvalue weighted by molar-refractivity contribution is 7.12. The maximum Gasteiger partial charge on any atom is 0.263 e. The summed E-state index contributed by atoms with van der Waals surface area (Å²) in [5.41, 5.74) is 0.434. The number of hydrogen-bond donors (Lipinski definition) is 1. The van der Waals surface area contributed by atoms with E-state index in [1.54, 1.807) is 0 Å². The van der Waals surface area contributed by atoms with Crippen LogP contribution >= 0.6 is 11.3 Å². The predicted molar refractivity (Wildman–Crippen MR) is 116 cm³/mol. The normalized spacial score (nSPS) is 18.1. The first-order valence-corrected chi connectivity index (χ1v) is 11.6. The van der Waals surface area contributed by atoms with Crippen molar-refractivity contribution in [3.8, 4) is 0 Å². The number of piperidine rings is 2. The molecule has 3 heterocycles. The van der Waals surface area contributed by atoms with E-state index in [1.807, 2.05) is 27.3 Å². The Morgan fingerprint density at radius 3 is 2.16 bits per heavy atom. The number of benzene rings is 1. The monoisotopic (exact) mass is 443 g/mol. The molecule has 3 amide bonds. The molecule has 0 spiro atoms. The number of nitrogens with one attached hydrogen (secondary N) is 1. The van der Waals surface area contributed by atoms with Crippen LogP contribution in [0.1, 0.15) is 45.7 Å². The highest BCUT2D eigenvalue weighted by Crippen LogP contribution is 2.24. The third kappa shape index (κ3) is 5.12. The summed E-state index contributed by atoms with van der Waals surface area (Å²) >= 11 is 1.44. The summed E-state index contributed by atoms with van der Waals surface area (Å²) in [6, 6.07) is 9.21. The first kappa shape index (κ1) is 21.5. The third-order valence-corrected chi connectivity index (χ3v) is 6.97. The number of hydrogen-bond acceptors (Lipinski definition) is 4. The molecule has 2 aromatic rings. The first-order valence-electron chi connectivity index (χ1n) is 10.7. The predicted octanol–water partition coefficient (Wildman–Crippen LogP) is 3.16. The Kier molecular flexibility index (Phi) is 6.65. The molecule has 6 nitrogen and oxygen atoms in total. The number of halogens is 1. The Balaban J connectivity index is 1.22. The van der Waals surface area contributed by atoms with Gasteiger partial charge in [0.1, 0.15) is 5.82 Å². The largest absolute Gasteiger partial charge is 0.349 e. The van der Waals surface area contributed by atoms with Crippen LogP contribution in [0.4, 0.5) is 4.39 Å². The molecule has 1 N–H and O–H groups in total. The minimum Gasteiger partial charge on any atom is -0.349 e. The topological polar surface area (TPSA) is 69.7 Å². The quantitative estimate of drug-likeness (QED) is 0.789. The van der Waals surface area contributed by atoms with E-state index in [2.05, 4.69) is 5.32 Å². The second-order valence-corrected chi connectivity index (χ2v) is 9.07. The molecule has 2 saturated heterocycles. The Bertz CT molecular complexity index is 916. The van der Waals surface area contributed by atoms with Gasteiger partial charge in [-0.3, -0.25) is 14.4 Å². The fourth-order valence-electron chi connectivity index (χ4n) is 4.26. The van der Waals surface area contributed by atoms with Gasteiger partial charge in [-0.1, -0.05) is 6.07 Å². The summed E-state index contributed by atoms with van der Waals surface area (Å²) in [5.74, 6) is -0.416. The first-order chi connectivity index (χ1) is 15.0. The van der Waals surface area contributed by atoms with Crippen LogP contribution in [0.15, 0.2) is 41.8 Å². The van der Waals surface area contributed by atoms with Gasteiger partial charge >= 0.3 is 0 Å². The molecule has 0 saturated carbocycles. The zero-order valence-corrected chi connectivity index (χ0v) is 18.1. The van der Waals surface area contributed by atoms with Gasteiger partial charge in [0.05, 0.1) is 4.88 Å². The molecule has 164 valence electrons. The number of thiophene rings is 1. The molecule has 2 aliphatic heterocycles. The summed E-state index contributed by atoms with van der Waals surface area (Å²) in [6.45, 7) is 2.44. The Morgan fingerprint density at radius 2 is 1.55 bits per heavy atom. The fraction of sp³-hybridized carbons (Fsp3) is 0.435. The molecule has 31 heavy (non-hydrogen) atoms. The molecule has 2 fully saturated rings. The maximum absolute atomic E-state index is 13.0. The van der Waals surface area contributed by atoms with Gasteiger partial charge in [-0.05, 0) is 61.4 Å². The molecule has 4 rings (SSSR count). The Labute approximate surface area is 185 Å². The smallest absolute Gasteiger partial charge is 0.263 e. The van der Waals surface area contributed by atoms with E-state index in [0.29, 0.717) is 57.4 Å². The van der Waals surface area contributed by atoms with E-state index in [4.69, 9.17) is 0 Å². The zero-order valence-electron chi connectivity index (χ0n) is 17.3. The average molecular weight is 444 g/mol. The molecule has 1 aromatic heterocycles. The van der Waals surface area contributed by atoms with Crippen LogP contribution in [-0.2, 0) is 4.79 Å². The zero-order chi connectivity index (χ0) is 21.8. The van der Waals surface area contributed by atoms with E-state index in [1.165, 1.54) is 35.6 Å². The number of likely N-dealkylation sites (tertiary alicyclic amines) is 2. The second-order valence-electron chi connectivity index (χ2n) is 8.12. The van der Waals surface area contributed by atoms with Crippen LogP contribution in [-0.4, -0.2) is 59.7 Å². The Hall–Kier alpha value is -2.74. The molecule has 2 aliphatic rings. The van der Waals surface area contributed by atoms with Crippen molar-refractivity contribution in [2.24, 2.45) is 5.92 Å². The second kappa shape index (κ2) is 9.60. The lowest BCUT2D eigenvalue weighted by atomic mass is 9.93. The molecule has 0 radical (unpaired) electrons. The van der Waals surface area contributed by atoms with Crippen molar-refractivity contribution in [1.82, 2.24) is 15.1 Å². The average Bonchev–Trinajstić information content (AvgIpc) is 3.34. The van der Waals surface area contributed by atoms with Crippen LogP contribution in [0.3, 0.4) is 0 Å². The molecule has 0 unspecified atom stereocenters. The summed E-state index contributed by atoms with van der Waals surface area (Å²) in [4.78, 5) is 42.2. The van der Waals surface area contributed by atoms with Crippen LogP contribution in [0.25, 0.3) is 0 Å². The number of nitrogens with zero attached hydrogens (tertiary/aromatic N) is 2. The van der Waals surface area contributed by atoms with Crippen LogP contribution < -0.4 is 5.32 Å². The highest BCUT2D eigenvalue weighted by Gasteiger charge is 2.32.